The molecule has 0 saturated heterocycles. The van der Waals surface area contributed by atoms with Gasteiger partial charge in [-0.05, 0) is 48.9 Å². The molecule has 0 spiro atoms. The van der Waals surface area contributed by atoms with Crippen molar-refractivity contribution in [2.75, 3.05) is 0 Å². The van der Waals surface area contributed by atoms with Crippen LogP contribution < -0.4 is 4.18 Å². The molecule has 100 valence electrons. The van der Waals surface area contributed by atoms with Crippen LogP contribution >= 0.6 is 22.7 Å². The number of rotatable bonds is 6. The van der Waals surface area contributed by atoms with Gasteiger partial charge in [0.05, 0.1) is 0 Å². The maximum absolute atomic E-state index is 10.7. The lowest BCUT2D eigenvalue weighted by Crippen LogP contribution is -2.03. The average Bonchev–Trinajstić information content (AvgIpc) is 2.34. The topological polar surface area (TPSA) is 46.5 Å². The third kappa shape index (κ3) is 3.59. The molecule has 1 N–H and O–H groups in total. The molecular formula is C13H18O3S2. The van der Waals surface area contributed by atoms with Gasteiger partial charge in [0, 0.05) is 6.42 Å². The summed E-state index contributed by atoms with van der Waals surface area (Å²) < 4.78 is 5.48. The van der Waals surface area contributed by atoms with Crippen LogP contribution in [0.1, 0.15) is 35.6 Å². The molecule has 0 amide bonds. The Hall–Kier alpha value is -0.810. The Labute approximate surface area is 117 Å². The molecule has 1 aromatic carbocycles. The van der Waals surface area contributed by atoms with E-state index in [1.807, 2.05) is 19.9 Å². The Morgan fingerprint density at radius 3 is 2.56 bits per heavy atom. The number of aryl methyl sites for hydroxylation is 2. The van der Waals surface area contributed by atoms with Crippen molar-refractivity contribution in [3.63, 3.8) is 0 Å². The smallest absolute Gasteiger partial charge is 0.303 e. The van der Waals surface area contributed by atoms with E-state index in [1.54, 1.807) is 0 Å². The summed E-state index contributed by atoms with van der Waals surface area (Å²) in [4.78, 5) is 10.7. The zero-order valence-electron chi connectivity index (χ0n) is 10.8. The molecule has 0 atom stereocenters. The first-order valence-electron chi connectivity index (χ1n) is 5.83. The number of benzene rings is 1. The number of thiol groups is 1. The number of hydrogen-bond donors (Lipinski definition) is 2. The molecule has 0 aromatic heterocycles. The molecule has 0 aliphatic carbocycles. The van der Waals surface area contributed by atoms with Gasteiger partial charge in [-0.15, -0.1) is 0 Å². The van der Waals surface area contributed by atoms with E-state index in [0.29, 0.717) is 6.42 Å². The highest BCUT2D eigenvalue weighted by molar-refractivity contribution is 8.66. The molecule has 0 saturated carbocycles. The number of hydrogen-bond acceptors (Lipinski definition) is 4. The second kappa shape index (κ2) is 6.95. The Bertz CT molecular complexity index is 444. The highest BCUT2D eigenvalue weighted by Crippen LogP contribution is 2.33. The second-order valence-electron chi connectivity index (χ2n) is 4.18. The first kappa shape index (κ1) is 15.2. The van der Waals surface area contributed by atoms with Crippen molar-refractivity contribution in [3.05, 3.63) is 28.3 Å². The minimum absolute atomic E-state index is 0.158. The van der Waals surface area contributed by atoms with Gasteiger partial charge in [0.1, 0.15) is 16.8 Å². The highest BCUT2D eigenvalue weighted by atomic mass is 33.1. The van der Waals surface area contributed by atoms with Crippen molar-refractivity contribution in [2.45, 2.75) is 40.0 Å². The van der Waals surface area contributed by atoms with Gasteiger partial charge in [-0.3, -0.25) is 4.79 Å². The van der Waals surface area contributed by atoms with Gasteiger partial charge < -0.3 is 9.29 Å². The van der Waals surface area contributed by atoms with Crippen molar-refractivity contribution < 1.29 is 14.1 Å². The minimum Gasteiger partial charge on any atom is -0.481 e. The monoisotopic (exact) mass is 286 g/mol. The summed E-state index contributed by atoms with van der Waals surface area (Å²) in [5.41, 5.74) is 4.35. The molecule has 0 bridgehead atoms. The molecule has 0 aliphatic heterocycles. The second-order valence-corrected chi connectivity index (χ2v) is 4.94. The van der Waals surface area contributed by atoms with Gasteiger partial charge >= 0.3 is 5.97 Å². The van der Waals surface area contributed by atoms with Crippen LogP contribution in [0.3, 0.4) is 0 Å². The summed E-state index contributed by atoms with van der Waals surface area (Å²) in [5.74, 6) is 0.0883. The Morgan fingerprint density at radius 1 is 1.39 bits per heavy atom. The molecule has 0 heterocycles. The van der Waals surface area contributed by atoms with E-state index in [0.717, 1.165) is 45.5 Å². The lowest BCUT2D eigenvalue weighted by molar-refractivity contribution is -0.136. The molecular weight excluding hydrogens is 268 g/mol. The van der Waals surface area contributed by atoms with Crippen LogP contribution in [0.5, 0.6) is 5.75 Å². The van der Waals surface area contributed by atoms with Gasteiger partial charge in [0.2, 0.25) is 0 Å². The van der Waals surface area contributed by atoms with Gasteiger partial charge in [0.15, 0.2) is 0 Å². The van der Waals surface area contributed by atoms with Gasteiger partial charge in [-0.1, -0.05) is 24.7 Å². The van der Waals surface area contributed by atoms with Crippen molar-refractivity contribution in [2.24, 2.45) is 0 Å². The molecule has 0 radical (unpaired) electrons. The zero-order chi connectivity index (χ0) is 13.7. The molecule has 0 aliphatic rings. The zero-order valence-corrected chi connectivity index (χ0v) is 12.5. The first-order valence-corrected chi connectivity index (χ1v) is 7.62. The highest BCUT2D eigenvalue weighted by Gasteiger charge is 2.14. The normalized spacial score (nSPS) is 10.4. The number of carbonyl (C=O) groups is 1. The van der Waals surface area contributed by atoms with Gasteiger partial charge in [0.25, 0.3) is 0 Å². The van der Waals surface area contributed by atoms with Gasteiger partial charge in [-0.25, -0.2) is 0 Å². The fourth-order valence-corrected chi connectivity index (χ4v) is 2.48. The van der Waals surface area contributed by atoms with Gasteiger partial charge in [-0.2, -0.15) is 0 Å². The Kier molecular flexibility index (Phi) is 5.88. The standard InChI is InChI=1S/C13H18O3S2/c1-4-10-7-11(5-6-12(14)15)8(2)9(3)13(10)16-18-17/h7,17H,4-6H2,1-3H3,(H,14,15). The molecule has 3 nitrogen and oxygen atoms in total. The van der Waals surface area contributed by atoms with E-state index < -0.39 is 5.97 Å². The lowest BCUT2D eigenvalue weighted by atomic mass is 9.94. The maximum Gasteiger partial charge on any atom is 0.303 e. The minimum atomic E-state index is -0.767. The van der Waals surface area contributed by atoms with Crippen molar-refractivity contribution in [1.29, 1.82) is 0 Å². The van der Waals surface area contributed by atoms with E-state index in [1.165, 1.54) is 0 Å². The average molecular weight is 286 g/mol. The molecule has 1 rings (SSSR count). The summed E-state index contributed by atoms with van der Waals surface area (Å²) in [5, 5.41) is 8.76. The van der Waals surface area contributed by atoms with Crippen LogP contribution in [-0.2, 0) is 17.6 Å². The molecule has 1 aromatic rings. The number of carboxylic acids is 1. The molecule has 18 heavy (non-hydrogen) atoms. The fourth-order valence-electron chi connectivity index (χ4n) is 1.95. The van der Waals surface area contributed by atoms with E-state index in [2.05, 4.69) is 18.6 Å². The Morgan fingerprint density at radius 2 is 2.06 bits per heavy atom. The third-order valence-electron chi connectivity index (χ3n) is 3.13. The van der Waals surface area contributed by atoms with Crippen LogP contribution in [-0.4, -0.2) is 11.1 Å². The van der Waals surface area contributed by atoms with Crippen molar-refractivity contribution in [1.82, 2.24) is 0 Å². The lowest BCUT2D eigenvalue weighted by Gasteiger charge is -2.16. The summed E-state index contributed by atoms with van der Waals surface area (Å²) in [7, 11) is 0. The predicted molar refractivity (Wildman–Crippen MR) is 78.5 cm³/mol. The summed E-state index contributed by atoms with van der Waals surface area (Å²) >= 11 is 5.04. The van der Waals surface area contributed by atoms with Crippen molar-refractivity contribution in [3.8, 4) is 5.75 Å². The van der Waals surface area contributed by atoms with Crippen LogP contribution in [0, 0.1) is 13.8 Å². The van der Waals surface area contributed by atoms with Crippen molar-refractivity contribution >= 4 is 28.7 Å². The summed E-state index contributed by atoms with van der Waals surface area (Å²) in [6.45, 7) is 6.06. The third-order valence-corrected chi connectivity index (χ3v) is 3.60. The molecule has 0 fully saturated rings. The van der Waals surface area contributed by atoms with Crippen LogP contribution in [0.4, 0.5) is 0 Å². The van der Waals surface area contributed by atoms with E-state index in [4.69, 9.17) is 9.29 Å². The summed E-state index contributed by atoms with van der Waals surface area (Å²) in [6.07, 6.45) is 1.57. The van der Waals surface area contributed by atoms with Crippen LogP contribution in [0.15, 0.2) is 6.07 Å². The quantitative estimate of drug-likeness (QED) is 0.475. The maximum atomic E-state index is 10.7. The molecule has 0 unspecified atom stereocenters. The fraction of sp³-hybridized carbons (Fsp3) is 0.462. The summed E-state index contributed by atoms with van der Waals surface area (Å²) in [6, 6.07) is 2.05. The van der Waals surface area contributed by atoms with E-state index in [-0.39, 0.29) is 6.42 Å². The largest absolute Gasteiger partial charge is 0.481 e. The van der Waals surface area contributed by atoms with Crippen LogP contribution in [0.25, 0.3) is 0 Å². The Balaban J connectivity index is 3.14. The molecule has 5 heteroatoms. The van der Waals surface area contributed by atoms with Crippen LogP contribution in [0.2, 0.25) is 0 Å². The number of carboxylic acid groups (broad SMARTS) is 1. The predicted octanol–water partition coefficient (Wildman–Crippen LogP) is 3.75. The SMILES string of the molecule is CCc1cc(CCC(=O)O)c(C)c(C)c1OSS. The number of aliphatic carboxylic acids is 1. The first-order chi connectivity index (χ1) is 8.51. The van der Waals surface area contributed by atoms with E-state index in [9.17, 15) is 4.79 Å². The van der Waals surface area contributed by atoms with E-state index >= 15 is 0 Å².